The van der Waals surface area contributed by atoms with Gasteiger partial charge < -0.3 is 5.32 Å². The molecule has 3 aromatic carbocycles. The Balaban J connectivity index is 1.41. The fourth-order valence-electron chi connectivity index (χ4n) is 4.07. The van der Waals surface area contributed by atoms with E-state index in [4.69, 9.17) is 11.6 Å². The van der Waals surface area contributed by atoms with Crippen molar-refractivity contribution >= 4 is 61.3 Å². The predicted octanol–water partition coefficient (Wildman–Crippen LogP) is 4.92. The highest BCUT2D eigenvalue weighted by molar-refractivity contribution is 7.92. The van der Waals surface area contributed by atoms with Crippen LogP contribution in [-0.2, 0) is 16.4 Å². The second-order valence-electron chi connectivity index (χ2n) is 8.25. The largest absolute Gasteiger partial charge is 0.321 e. The van der Waals surface area contributed by atoms with Crippen LogP contribution < -0.4 is 14.9 Å². The maximum atomic E-state index is 13.5. The van der Waals surface area contributed by atoms with Gasteiger partial charge >= 0.3 is 0 Å². The summed E-state index contributed by atoms with van der Waals surface area (Å²) < 4.78 is 28.2. The van der Waals surface area contributed by atoms with Crippen LogP contribution in [0.3, 0.4) is 0 Å². The Morgan fingerprint density at radius 1 is 1.05 bits per heavy atom. The SMILES string of the molecule is N#Cc1ccc(NC(=O)c2cccc(S(=O)(=O)N3CCc4cc(Cl)ccc43)c2)c(C(=O)Nc2nccs2)c1. The number of hydrogen-bond acceptors (Lipinski definition) is 7. The van der Waals surface area contributed by atoms with E-state index in [0.717, 1.165) is 5.56 Å². The maximum absolute atomic E-state index is 13.5. The smallest absolute Gasteiger partial charge is 0.264 e. The van der Waals surface area contributed by atoms with Crippen molar-refractivity contribution in [1.82, 2.24) is 4.98 Å². The molecule has 0 unspecified atom stereocenters. The molecule has 2 amide bonds. The minimum atomic E-state index is -3.95. The van der Waals surface area contributed by atoms with Crippen molar-refractivity contribution < 1.29 is 18.0 Å². The molecule has 0 saturated carbocycles. The zero-order chi connectivity index (χ0) is 26.9. The number of rotatable bonds is 6. The highest BCUT2D eigenvalue weighted by Gasteiger charge is 2.31. The third kappa shape index (κ3) is 4.97. The van der Waals surface area contributed by atoms with Crippen LogP contribution in [0.15, 0.2) is 77.1 Å². The molecule has 4 aromatic rings. The zero-order valence-electron chi connectivity index (χ0n) is 19.5. The van der Waals surface area contributed by atoms with Crippen LogP contribution in [0.5, 0.6) is 0 Å². The highest BCUT2D eigenvalue weighted by atomic mass is 35.5. The molecular weight excluding hydrogens is 546 g/mol. The standard InChI is InChI=1S/C26H18ClN5O4S2/c27-19-5-7-23-17(13-19)8-10-32(23)38(35,36)20-3-1-2-18(14-20)24(33)30-22-6-4-16(15-28)12-21(22)25(34)31-26-29-9-11-37-26/h1-7,9,11-14H,8,10H2,(H,30,33)(H,29,31,34). The van der Waals surface area contributed by atoms with Gasteiger partial charge in [-0.15, -0.1) is 11.3 Å². The quantitative estimate of drug-likeness (QED) is 0.342. The number of sulfonamides is 1. The van der Waals surface area contributed by atoms with E-state index in [9.17, 15) is 23.3 Å². The molecular formula is C26H18ClN5O4S2. The first-order chi connectivity index (χ1) is 18.3. The molecule has 12 heteroatoms. The Bertz CT molecular complexity index is 1720. The van der Waals surface area contributed by atoms with Crippen LogP contribution in [0, 0.1) is 11.3 Å². The topological polar surface area (TPSA) is 132 Å². The number of nitrogens with zero attached hydrogens (tertiary/aromatic N) is 3. The van der Waals surface area contributed by atoms with Crippen molar-refractivity contribution in [2.24, 2.45) is 0 Å². The minimum absolute atomic E-state index is 0.0467. The van der Waals surface area contributed by atoms with E-state index in [1.807, 2.05) is 6.07 Å². The molecule has 1 aliphatic heterocycles. The number of nitriles is 1. The van der Waals surface area contributed by atoms with Gasteiger partial charge in [0.25, 0.3) is 21.8 Å². The van der Waals surface area contributed by atoms with Crippen LogP contribution in [0.4, 0.5) is 16.5 Å². The number of aromatic nitrogens is 1. The van der Waals surface area contributed by atoms with E-state index in [-0.39, 0.29) is 33.8 Å². The summed E-state index contributed by atoms with van der Waals surface area (Å²) in [6.45, 7) is 0.261. The summed E-state index contributed by atoms with van der Waals surface area (Å²) in [5.74, 6) is -1.18. The number of fused-ring (bicyclic) bond motifs is 1. The van der Waals surface area contributed by atoms with E-state index in [1.165, 1.54) is 64.3 Å². The van der Waals surface area contributed by atoms with Crippen LogP contribution in [0.1, 0.15) is 31.8 Å². The number of amides is 2. The van der Waals surface area contributed by atoms with Gasteiger partial charge in [0, 0.05) is 28.7 Å². The number of nitrogens with one attached hydrogen (secondary N) is 2. The van der Waals surface area contributed by atoms with E-state index < -0.39 is 21.8 Å². The Morgan fingerprint density at radius 2 is 1.89 bits per heavy atom. The maximum Gasteiger partial charge on any atom is 0.264 e. The number of hydrogen-bond donors (Lipinski definition) is 2. The molecule has 2 N–H and O–H groups in total. The second kappa shape index (κ2) is 10.3. The van der Waals surface area contributed by atoms with Gasteiger partial charge in [0.2, 0.25) is 0 Å². The van der Waals surface area contributed by atoms with E-state index in [0.29, 0.717) is 22.3 Å². The molecule has 5 rings (SSSR count). The summed E-state index contributed by atoms with van der Waals surface area (Å²) in [4.78, 5) is 30.0. The highest BCUT2D eigenvalue weighted by Crippen LogP contribution is 2.34. The van der Waals surface area contributed by atoms with Crippen LogP contribution in [0.2, 0.25) is 5.02 Å². The van der Waals surface area contributed by atoms with Crippen molar-refractivity contribution in [2.75, 3.05) is 21.5 Å². The summed E-state index contributed by atoms with van der Waals surface area (Å²) in [7, 11) is -3.95. The number of carbonyl (C=O) groups is 2. The van der Waals surface area contributed by atoms with Crippen LogP contribution in [-0.4, -0.2) is 31.8 Å². The lowest BCUT2D eigenvalue weighted by atomic mass is 10.1. The van der Waals surface area contributed by atoms with Crippen LogP contribution in [0.25, 0.3) is 0 Å². The molecule has 2 heterocycles. The van der Waals surface area contributed by atoms with Crippen molar-refractivity contribution in [3.63, 3.8) is 0 Å². The van der Waals surface area contributed by atoms with Crippen molar-refractivity contribution in [3.8, 4) is 6.07 Å². The molecule has 0 spiro atoms. The fraction of sp³-hybridized carbons (Fsp3) is 0.0769. The van der Waals surface area contributed by atoms with Gasteiger partial charge in [-0.1, -0.05) is 17.7 Å². The number of thiazole rings is 1. The Labute approximate surface area is 227 Å². The van der Waals surface area contributed by atoms with Crippen molar-refractivity contribution in [3.05, 3.63) is 99.5 Å². The Hall–Kier alpha value is -4.24. The predicted molar refractivity (Wildman–Crippen MR) is 145 cm³/mol. The normalized spacial score (nSPS) is 12.5. The summed E-state index contributed by atoms with van der Waals surface area (Å²) in [5, 5.41) is 17.2. The Kier molecular flexibility index (Phi) is 6.86. The molecule has 1 aliphatic rings. The second-order valence-corrected chi connectivity index (χ2v) is 11.4. The molecule has 0 radical (unpaired) electrons. The van der Waals surface area contributed by atoms with Gasteiger partial charge in [-0.3, -0.25) is 19.2 Å². The summed E-state index contributed by atoms with van der Waals surface area (Å²) >= 11 is 7.27. The molecule has 0 saturated heterocycles. The van der Waals surface area contributed by atoms with E-state index in [2.05, 4.69) is 15.6 Å². The summed E-state index contributed by atoms with van der Waals surface area (Å²) in [6.07, 6.45) is 2.06. The molecule has 9 nitrogen and oxygen atoms in total. The first kappa shape index (κ1) is 25.4. The molecule has 1 aromatic heterocycles. The lowest BCUT2D eigenvalue weighted by molar-refractivity contribution is 0.102. The average molecular weight is 564 g/mol. The molecule has 0 atom stereocenters. The number of halogens is 1. The average Bonchev–Trinajstić information content (AvgIpc) is 3.58. The number of anilines is 3. The molecule has 0 aliphatic carbocycles. The lowest BCUT2D eigenvalue weighted by Crippen LogP contribution is -2.29. The van der Waals surface area contributed by atoms with Gasteiger partial charge in [0.05, 0.1) is 33.5 Å². The molecule has 190 valence electrons. The van der Waals surface area contributed by atoms with Gasteiger partial charge in [-0.2, -0.15) is 5.26 Å². The van der Waals surface area contributed by atoms with Gasteiger partial charge in [-0.25, -0.2) is 13.4 Å². The lowest BCUT2D eigenvalue weighted by Gasteiger charge is -2.20. The first-order valence-electron chi connectivity index (χ1n) is 11.2. The molecule has 0 fully saturated rings. The van der Waals surface area contributed by atoms with Crippen molar-refractivity contribution in [2.45, 2.75) is 11.3 Å². The fourth-order valence-corrected chi connectivity index (χ4v) is 6.34. The Morgan fingerprint density at radius 3 is 2.66 bits per heavy atom. The van der Waals surface area contributed by atoms with Gasteiger partial charge in [0.15, 0.2) is 5.13 Å². The van der Waals surface area contributed by atoms with E-state index >= 15 is 0 Å². The van der Waals surface area contributed by atoms with Gasteiger partial charge in [0.1, 0.15) is 0 Å². The zero-order valence-corrected chi connectivity index (χ0v) is 21.9. The van der Waals surface area contributed by atoms with Crippen LogP contribution >= 0.6 is 22.9 Å². The number of carbonyl (C=O) groups excluding carboxylic acids is 2. The van der Waals surface area contributed by atoms with E-state index in [1.54, 1.807) is 23.6 Å². The van der Waals surface area contributed by atoms with Crippen molar-refractivity contribution in [1.29, 1.82) is 5.26 Å². The third-order valence-electron chi connectivity index (χ3n) is 5.87. The molecule has 38 heavy (non-hydrogen) atoms. The van der Waals surface area contributed by atoms with Gasteiger partial charge in [-0.05, 0) is 66.6 Å². The monoisotopic (exact) mass is 563 g/mol. The molecule has 0 bridgehead atoms. The summed E-state index contributed by atoms with van der Waals surface area (Å²) in [5.41, 5.74) is 1.91. The summed E-state index contributed by atoms with van der Waals surface area (Å²) in [6, 6.07) is 17.0. The third-order valence-corrected chi connectivity index (χ3v) is 8.61. The first-order valence-corrected chi connectivity index (χ1v) is 13.9. The number of benzene rings is 3. The minimum Gasteiger partial charge on any atom is -0.321 e.